The van der Waals surface area contributed by atoms with E-state index in [9.17, 15) is 0 Å². The molecule has 0 amide bonds. The van der Waals surface area contributed by atoms with Crippen LogP contribution in [0.25, 0.3) is 0 Å². The third kappa shape index (κ3) is 1.30. The van der Waals surface area contributed by atoms with Crippen LogP contribution in [0.15, 0.2) is 12.4 Å². The van der Waals surface area contributed by atoms with Crippen molar-refractivity contribution in [1.82, 2.24) is 9.55 Å². The van der Waals surface area contributed by atoms with Gasteiger partial charge in [0.25, 0.3) is 0 Å². The van der Waals surface area contributed by atoms with Crippen molar-refractivity contribution in [2.45, 2.75) is 25.5 Å². The van der Waals surface area contributed by atoms with Crippen LogP contribution in [-0.4, -0.2) is 16.2 Å². The van der Waals surface area contributed by atoms with E-state index in [1.54, 1.807) is 6.20 Å². The molecule has 2 heterocycles. The topological polar surface area (TPSA) is 53.1 Å². The Labute approximate surface area is 71.3 Å². The van der Waals surface area contributed by atoms with Gasteiger partial charge in [0, 0.05) is 19.0 Å². The van der Waals surface area contributed by atoms with E-state index in [0.29, 0.717) is 5.95 Å². The molecule has 1 fully saturated rings. The molecule has 0 spiro atoms. The Kier molecular flexibility index (Phi) is 1.99. The molecule has 1 unspecified atom stereocenters. The predicted octanol–water partition coefficient (Wildman–Crippen LogP) is 1.16. The minimum absolute atomic E-state index is 0.112. The number of nitrogens with zero attached hydrogens (tertiary/aromatic N) is 2. The average Bonchev–Trinajstić information content (AvgIpc) is 2.53. The molecule has 0 radical (unpaired) electrons. The van der Waals surface area contributed by atoms with Crippen molar-refractivity contribution >= 4 is 5.95 Å². The van der Waals surface area contributed by atoms with E-state index in [4.69, 9.17) is 10.5 Å². The van der Waals surface area contributed by atoms with Gasteiger partial charge in [-0.2, -0.15) is 0 Å². The molecule has 1 aromatic heterocycles. The summed E-state index contributed by atoms with van der Waals surface area (Å²) < 4.78 is 7.43. The SMILES string of the molecule is Nc1nccn1C1CCCCO1. The third-order valence-electron chi connectivity index (χ3n) is 2.16. The van der Waals surface area contributed by atoms with Crippen LogP contribution in [0, 0.1) is 0 Å². The number of aromatic nitrogens is 2. The number of hydrogen-bond acceptors (Lipinski definition) is 3. The lowest BCUT2D eigenvalue weighted by Crippen LogP contribution is -2.18. The van der Waals surface area contributed by atoms with Crippen LogP contribution in [0.3, 0.4) is 0 Å². The maximum Gasteiger partial charge on any atom is 0.202 e. The summed E-state index contributed by atoms with van der Waals surface area (Å²) >= 11 is 0. The molecule has 1 aliphatic heterocycles. The molecular weight excluding hydrogens is 154 g/mol. The first kappa shape index (κ1) is 7.61. The van der Waals surface area contributed by atoms with Crippen LogP contribution in [0.4, 0.5) is 5.95 Å². The van der Waals surface area contributed by atoms with E-state index in [1.807, 2.05) is 10.8 Å². The zero-order valence-electron chi connectivity index (χ0n) is 6.94. The fourth-order valence-corrected chi connectivity index (χ4v) is 1.51. The minimum Gasteiger partial charge on any atom is -0.369 e. The van der Waals surface area contributed by atoms with Crippen molar-refractivity contribution in [2.24, 2.45) is 0 Å². The zero-order chi connectivity index (χ0) is 8.39. The van der Waals surface area contributed by atoms with E-state index < -0.39 is 0 Å². The van der Waals surface area contributed by atoms with Crippen LogP contribution >= 0.6 is 0 Å². The number of nitrogen functional groups attached to an aromatic ring is 1. The fourth-order valence-electron chi connectivity index (χ4n) is 1.51. The summed E-state index contributed by atoms with van der Waals surface area (Å²) in [5.41, 5.74) is 5.64. The molecule has 4 heteroatoms. The summed E-state index contributed by atoms with van der Waals surface area (Å²) in [6, 6.07) is 0. The molecule has 2 N–H and O–H groups in total. The van der Waals surface area contributed by atoms with Gasteiger partial charge in [0.05, 0.1) is 0 Å². The highest BCUT2D eigenvalue weighted by Gasteiger charge is 2.16. The molecule has 12 heavy (non-hydrogen) atoms. The molecule has 0 saturated carbocycles. The Hall–Kier alpha value is -1.03. The Morgan fingerprint density at radius 3 is 3.08 bits per heavy atom. The van der Waals surface area contributed by atoms with Gasteiger partial charge in [-0.05, 0) is 19.3 Å². The molecule has 4 nitrogen and oxygen atoms in total. The molecule has 1 saturated heterocycles. The first-order chi connectivity index (χ1) is 5.88. The van der Waals surface area contributed by atoms with Gasteiger partial charge < -0.3 is 10.5 Å². The van der Waals surface area contributed by atoms with Crippen molar-refractivity contribution in [3.05, 3.63) is 12.4 Å². The Morgan fingerprint density at radius 2 is 2.50 bits per heavy atom. The number of anilines is 1. The highest BCUT2D eigenvalue weighted by Crippen LogP contribution is 2.23. The zero-order valence-corrected chi connectivity index (χ0v) is 6.94. The maximum atomic E-state index is 5.64. The number of ether oxygens (including phenoxy) is 1. The van der Waals surface area contributed by atoms with Crippen molar-refractivity contribution < 1.29 is 4.74 Å². The Balaban J connectivity index is 2.13. The molecule has 0 aromatic carbocycles. The van der Waals surface area contributed by atoms with Gasteiger partial charge in [0.15, 0.2) is 0 Å². The van der Waals surface area contributed by atoms with Crippen LogP contribution in [0.1, 0.15) is 25.5 Å². The molecular formula is C8H13N3O. The molecule has 1 aliphatic rings. The summed E-state index contributed by atoms with van der Waals surface area (Å²) in [5.74, 6) is 0.543. The highest BCUT2D eigenvalue weighted by atomic mass is 16.5. The van der Waals surface area contributed by atoms with Crippen LogP contribution in [-0.2, 0) is 4.74 Å². The lowest BCUT2D eigenvalue weighted by molar-refractivity contribution is -0.0306. The smallest absolute Gasteiger partial charge is 0.202 e. The monoisotopic (exact) mass is 167 g/mol. The first-order valence-electron chi connectivity index (χ1n) is 4.28. The molecule has 1 atom stereocenters. The molecule has 66 valence electrons. The summed E-state index contributed by atoms with van der Waals surface area (Å²) in [7, 11) is 0. The van der Waals surface area contributed by atoms with E-state index in [2.05, 4.69) is 4.98 Å². The van der Waals surface area contributed by atoms with E-state index in [-0.39, 0.29) is 6.23 Å². The van der Waals surface area contributed by atoms with Crippen LogP contribution < -0.4 is 5.73 Å². The number of hydrogen-bond donors (Lipinski definition) is 1. The van der Waals surface area contributed by atoms with E-state index >= 15 is 0 Å². The van der Waals surface area contributed by atoms with Gasteiger partial charge in [0.1, 0.15) is 6.23 Å². The Morgan fingerprint density at radius 1 is 1.58 bits per heavy atom. The summed E-state index contributed by atoms with van der Waals surface area (Å²) in [6.45, 7) is 0.836. The van der Waals surface area contributed by atoms with Crippen molar-refractivity contribution in [1.29, 1.82) is 0 Å². The van der Waals surface area contributed by atoms with Crippen LogP contribution in [0.2, 0.25) is 0 Å². The van der Waals surface area contributed by atoms with Crippen molar-refractivity contribution in [3.63, 3.8) is 0 Å². The first-order valence-corrected chi connectivity index (χ1v) is 4.28. The van der Waals surface area contributed by atoms with Crippen molar-refractivity contribution in [2.75, 3.05) is 12.3 Å². The summed E-state index contributed by atoms with van der Waals surface area (Å²) in [5, 5.41) is 0. The van der Waals surface area contributed by atoms with Gasteiger partial charge in [-0.1, -0.05) is 0 Å². The predicted molar refractivity (Wildman–Crippen MR) is 45.5 cm³/mol. The average molecular weight is 167 g/mol. The largest absolute Gasteiger partial charge is 0.369 e. The van der Waals surface area contributed by atoms with Gasteiger partial charge in [-0.3, -0.25) is 4.57 Å². The lowest BCUT2D eigenvalue weighted by Gasteiger charge is -2.24. The van der Waals surface area contributed by atoms with E-state index in [0.717, 1.165) is 19.4 Å². The molecule has 0 bridgehead atoms. The third-order valence-corrected chi connectivity index (χ3v) is 2.16. The van der Waals surface area contributed by atoms with Gasteiger partial charge >= 0.3 is 0 Å². The van der Waals surface area contributed by atoms with E-state index in [1.165, 1.54) is 6.42 Å². The number of rotatable bonds is 1. The lowest BCUT2D eigenvalue weighted by atomic mass is 10.2. The van der Waals surface area contributed by atoms with Crippen LogP contribution in [0.5, 0.6) is 0 Å². The number of nitrogens with two attached hydrogens (primary N) is 1. The minimum atomic E-state index is 0.112. The maximum absolute atomic E-state index is 5.64. The second kappa shape index (κ2) is 3.15. The standard InChI is InChI=1S/C8H13N3O/c9-8-10-4-5-11(8)7-3-1-2-6-12-7/h4-5,7H,1-3,6H2,(H2,9,10). The summed E-state index contributed by atoms with van der Waals surface area (Å²) in [6.07, 6.45) is 7.09. The number of imidazole rings is 1. The van der Waals surface area contributed by atoms with Gasteiger partial charge in [0.2, 0.25) is 5.95 Å². The molecule has 2 rings (SSSR count). The molecule has 1 aromatic rings. The summed E-state index contributed by atoms with van der Waals surface area (Å²) in [4.78, 5) is 3.95. The van der Waals surface area contributed by atoms with Gasteiger partial charge in [-0.25, -0.2) is 4.98 Å². The second-order valence-corrected chi connectivity index (χ2v) is 3.01. The second-order valence-electron chi connectivity index (χ2n) is 3.01. The Bertz CT molecular complexity index is 253. The quantitative estimate of drug-likeness (QED) is 0.683. The highest BCUT2D eigenvalue weighted by molar-refractivity contribution is 5.17. The van der Waals surface area contributed by atoms with Gasteiger partial charge in [-0.15, -0.1) is 0 Å². The fraction of sp³-hybridized carbons (Fsp3) is 0.625. The molecule has 0 aliphatic carbocycles. The normalized spacial score (nSPS) is 24.2. The van der Waals surface area contributed by atoms with Crippen molar-refractivity contribution in [3.8, 4) is 0 Å².